The second-order valence-electron chi connectivity index (χ2n) is 26.6. The number of carbonyl (C=O) groups excluding carboxylic acids is 3. The van der Waals surface area contributed by atoms with Gasteiger partial charge in [0, 0.05) is 19.3 Å². The minimum absolute atomic E-state index is 0.0598. The third-order valence-electron chi connectivity index (χ3n) is 18.1. The van der Waals surface area contributed by atoms with Gasteiger partial charge in [-0.15, -0.1) is 0 Å². The van der Waals surface area contributed by atoms with Crippen molar-refractivity contribution in [2.75, 3.05) is 13.2 Å². The molecule has 6 nitrogen and oxygen atoms in total. The Bertz CT molecular complexity index is 1250. The Balaban J connectivity index is 4.16. The van der Waals surface area contributed by atoms with Crippen LogP contribution in [0.3, 0.4) is 0 Å². The van der Waals surface area contributed by atoms with Crippen molar-refractivity contribution in [3.8, 4) is 0 Å². The van der Waals surface area contributed by atoms with Crippen molar-refractivity contribution >= 4 is 17.9 Å². The van der Waals surface area contributed by atoms with Crippen molar-refractivity contribution in [1.29, 1.82) is 0 Å². The molecule has 494 valence electrons. The van der Waals surface area contributed by atoms with E-state index in [4.69, 9.17) is 14.2 Å². The fourth-order valence-electron chi connectivity index (χ4n) is 12.3. The van der Waals surface area contributed by atoms with E-state index in [0.29, 0.717) is 19.3 Å². The standard InChI is InChI=1S/C77H150O6/c1-4-7-10-13-16-19-22-25-28-30-32-34-35-36-37-38-39-40-41-43-44-46-49-52-55-58-61-64-67-70-76(79)82-73-74(72-81-75(78)69-66-63-60-57-54-51-48-27-24-21-18-15-12-9-6-3)83-77(80)71-68-65-62-59-56-53-50-47-45-42-33-31-29-26-23-20-17-14-11-8-5-2/h74H,4-73H2,1-3H3. The van der Waals surface area contributed by atoms with Gasteiger partial charge in [-0.05, 0) is 19.3 Å². The van der Waals surface area contributed by atoms with Gasteiger partial charge in [0.2, 0.25) is 0 Å². The molecule has 0 fully saturated rings. The molecule has 0 spiro atoms. The van der Waals surface area contributed by atoms with Crippen LogP contribution < -0.4 is 0 Å². The van der Waals surface area contributed by atoms with Gasteiger partial charge >= 0.3 is 17.9 Å². The molecule has 1 atom stereocenters. The van der Waals surface area contributed by atoms with Crippen LogP contribution in [0.5, 0.6) is 0 Å². The van der Waals surface area contributed by atoms with Gasteiger partial charge in [0.1, 0.15) is 13.2 Å². The molecule has 0 aromatic heterocycles. The van der Waals surface area contributed by atoms with E-state index in [2.05, 4.69) is 20.8 Å². The molecule has 0 saturated heterocycles. The van der Waals surface area contributed by atoms with Crippen LogP contribution >= 0.6 is 0 Å². The lowest BCUT2D eigenvalue weighted by atomic mass is 10.0. The Kier molecular flexibility index (Phi) is 71.5. The van der Waals surface area contributed by atoms with E-state index in [0.717, 1.165) is 57.8 Å². The van der Waals surface area contributed by atoms with Crippen molar-refractivity contribution in [3.63, 3.8) is 0 Å². The first-order valence-electron chi connectivity index (χ1n) is 38.5. The van der Waals surface area contributed by atoms with Crippen LogP contribution in [0, 0.1) is 0 Å². The second kappa shape index (κ2) is 72.9. The molecule has 0 rings (SSSR count). The third kappa shape index (κ3) is 71.1. The van der Waals surface area contributed by atoms with Gasteiger partial charge in [-0.2, -0.15) is 0 Å². The molecule has 0 bridgehead atoms. The van der Waals surface area contributed by atoms with E-state index in [1.54, 1.807) is 0 Å². The molecular formula is C77H150O6. The molecule has 0 saturated carbocycles. The Labute approximate surface area is 520 Å². The summed E-state index contributed by atoms with van der Waals surface area (Å²) in [7, 11) is 0. The summed E-state index contributed by atoms with van der Waals surface area (Å²) in [6.07, 6.45) is 87.3. The molecule has 83 heavy (non-hydrogen) atoms. The van der Waals surface area contributed by atoms with Crippen molar-refractivity contribution in [3.05, 3.63) is 0 Å². The normalized spacial score (nSPS) is 11.9. The Morgan fingerprint density at radius 1 is 0.193 bits per heavy atom. The molecule has 6 heteroatoms. The zero-order chi connectivity index (χ0) is 59.9. The first-order valence-corrected chi connectivity index (χ1v) is 38.5. The highest BCUT2D eigenvalue weighted by Crippen LogP contribution is 2.20. The first-order chi connectivity index (χ1) is 41.0. The summed E-state index contributed by atoms with van der Waals surface area (Å²) >= 11 is 0. The molecular weight excluding hydrogens is 1020 g/mol. The Hall–Kier alpha value is -1.59. The lowest BCUT2D eigenvalue weighted by Crippen LogP contribution is -2.30. The molecule has 0 N–H and O–H groups in total. The smallest absolute Gasteiger partial charge is 0.306 e. The van der Waals surface area contributed by atoms with Crippen LogP contribution in [0.15, 0.2) is 0 Å². The number of carbonyl (C=O) groups is 3. The molecule has 0 heterocycles. The van der Waals surface area contributed by atoms with Crippen molar-refractivity contribution in [1.82, 2.24) is 0 Å². The summed E-state index contributed by atoms with van der Waals surface area (Å²) in [6.45, 7) is 6.76. The van der Waals surface area contributed by atoms with Crippen molar-refractivity contribution < 1.29 is 28.6 Å². The van der Waals surface area contributed by atoms with E-state index in [-0.39, 0.29) is 31.1 Å². The number of rotatable bonds is 73. The fourth-order valence-corrected chi connectivity index (χ4v) is 12.3. The number of hydrogen-bond donors (Lipinski definition) is 0. The maximum absolute atomic E-state index is 13.0. The summed E-state index contributed by atoms with van der Waals surface area (Å²) in [5, 5.41) is 0. The highest BCUT2D eigenvalue weighted by Gasteiger charge is 2.20. The van der Waals surface area contributed by atoms with E-state index in [1.165, 1.54) is 360 Å². The number of unbranched alkanes of at least 4 members (excludes halogenated alkanes) is 62. The molecule has 0 radical (unpaired) electrons. The highest BCUT2D eigenvalue weighted by atomic mass is 16.6. The van der Waals surface area contributed by atoms with Crippen molar-refractivity contribution in [2.24, 2.45) is 0 Å². The molecule has 0 aromatic rings. The average Bonchev–Trinajstić information content (AvgIpc) is 3.49. The van der Waals surface area contributed by atoms with E-state index in [9.17, 15) is 14.4 Å². The monoisotopic (exact) mass is 1170 g/mol. The molecule has 0 aliphatic carbocycles. The molecule has 0 amide bonds. The maximum atomic E-state index is 13.0. The van der Waals surface area contributed by atoms with Gasteiger partial charge in [0.25, 0.3) is 0 Å². The quantitative estimate of drug-likeness (QED) is 0.0343. The lowest BCUT2D eigenvalue weighted by molar-refractivity contribution is -0.167. The van der Waals surface area contributed by atoms with E-state index < -0.39 is 6.10 Å². The third-order valence-corrected chi connectivity index (χ3v) is 18.1. The zero-order valence-electron chi connectivity index (χ0n) is 57.0. The summed E-state index contributed by atoms with van der Waals surface area (Å²) in [6, 6.07) is 0. The number of ether oxygens (including phenoxy) is 3. The zero-order valence-corrected chi connectivity index (χ0v) is 57.0. The van der Waals surface area contributed by atoms with Gasteiger partial charge < -0.3 is 14.2 Å². The summed E-state index contributed by atoms with van der Waals surface area (Å²) in [5.74, 6) is -0.815. The summed E-state index contributed by atoms with van der Waals surface area (Å²) in [4.78, 5) is 38.5. The van der Waals surface area contributed by atoms with E-state index in [1.807, 2.05) is 0 Å². The predicted molar refractivity (Wildman–Crippen MR) is 363 cm³/mol. The molecule has 0 aliphatic heterocycles. The largest absolute Gasteiger partial charge is 0.462 e. The van der Waals surface area contributed by atoms with Crippen LogP contribution in [0.4, 0.5) is 0 Å². The summed E-state index contributed by atoms with van der Waals surface area (Å²) in [5.41, 5.74) is 0. The molecule has 0 aliphatic rings. The molecule has 0 aromatic carbocycles. The molecule has 1 unspecified atom stereocenters. The maximum Gasteiger partial charge on any atom is 0.306 e. The highest BCUT2D eigenvalue weighted by molar-refractivity contribution is 5.71. The van der Waals surface area contributed by atoms with Crippen molar-refractivity contribution in [2.45, 2.75) is 463 Å². The van der Waals surface area contributed by atoms with E-state index >= 15 is 0 Å². The van der Waals surface area contributed by atoms with Gasteiger partial charge in [0.05, 0.1) is 0 Å². The van der Waals surface area contributed by atoms with Crippen LogP contribution in [0.1, 0.15) is 457 Å². The lowest BCUT2D eigenvalue weighted by Gasteiger charge is -2.18. The van der Waals surface area contributed by atoms with Gasteiger partial charge in [-0.25, -0.2) is 0 Å². The minimum atomic E-state index is -0.764. The van der Waals surface area contributed by atoms with Crippen LogP contribution in [0.2, 0.25) is 0 Å². The first kappa shape index (κ1) is 81.4. The number of hydrogen-bond acceptors (Lipinski definition) is 6. The topological polar surface area (TPSA) is 78.9 Å². The van der Waals surface area contributed by atoms with Gasteiger partial charge in [0.15, 0.2) is 6.10 Å². The van der Waals surface area contributed by atoms with Crippen LogP contribution in [-0.4, -0.2) is 37.2 Å². The fraction of sp³-hybridized carbons (Fsp3) is 0.961. The SMILES string of the molecule is CCCCCCCCCCCCCCCCCCCCCCCCCCCCCCCC(=O)OCC(COC(=O)CCCCCCCCCCCCCCCCC)OC(=O)CCCCCCCCCCCCCCCCCCCCCCC. The average molecular weight is 1170 g/mol. The van der Waals surface area contributed by atoms with Crippen LogP contribution in [-0.2, 0) is 28.6 Å². The Morgan fingerprint density at radius 3 is 0.482 bits per heavy atom. The van der Waals surface area contributed by atoms with Crippen LogP contribution in [0.25, 0.3) is 0 Å². The van der Waals surface area contributed by atoms with Gasteiger partial charge in [-0.1, -0.05) is 419 Å². The summed E-state index contributed by atoms with van der Waals surface area (Å²) < 4.78 is 17.1. The minimum Gasteiger partial charge on any atom is -0.462 e. The predicted octanol–water partition coefficient (Wildman–Crippen LogP) is 26.6. The Morgan fingerprint density at radius 2 is 0.325 bits per heavy atom. The van der Waals surface area contributed by atoms with Gasteiger partial charge in [-0.3, -0.25) is 14.4 Å². The second-order valence-corrected chi connectivity index (χ2v) is 26.6. The number of esters is 3.